The Morgan fingerprint density at radius 2 is 1.36 bits per heavy atom. The largest absolute Gasteiger partial charge is 0.456 e. The maximum Gasteiger partial charge on any atom is 0.303 e. The first-order valence-electron chi connectivity index (χ1n) is 6.47. The molecule has 0 aliphatic carbocycles. The lowest BCUT2D eigenvalue weighted by molar-refractivity contribution is -0.296. The maximum atomic E-state index is 11.3. The zero-order chi connectivity index (χ0) is 16.9. The van der Waals surface area contributed by atoms with E-state index in [1.54, 1.807) is 0 Å². The molecular formula is C13H19O9. The Bertz CT molecular complexity index is 392. The molecule has 0 aromatic heterocycles. The normalized spacial score (nSPS) is 31.2. The van der Waals surface area contributed by atoms with E-state index in [0.717, 1.165) is 20.8 Å². The molecule has 0 aromatic rings. The Hall–Kier alpha value is -1.71. The number of carbonyl (C=O) groups excluding carboxylic acids is 3. The van der Waals surface area contributed by atoms with E-state index in [4.69, 9.17) is 23.7 Å². The van der Waals surface area contributed by atoms with Crippen molar-refractivity contribution < 1.29 is 43.2 Å². The van der Waals surface area contributed by atoms with E-state index >= 15 is 0 Å². The third-order valence-electron chi connectivity index (χ3n) is 2.82. The van der Waals surface area contributed by atoms with Crippen LogP contribution in [0.2, 0.25) is 0 Å². The SMILES string of the molecule is CO[C@H]1O[C@H]([CH]O)[C@@H](OC(C)=O)[C@H](OC(C)=O)[C@H]1OC(C)=O. The summed E-state index contributed by atoms with van der Waals surface area (Å²) in [6.07, 6.45) is -5.79. The number of rotatable bonds is 5. The van der Waals surface area contributed by atoms with E-state index in [1.807, 2.05) is 0 Å². The van der Waals surface area contributed by atoms with Crippen LogP contribution >= 0.6 is 0 Å². The van der Waals surface area contributed by atoms with E-state index in [0.29, 0.717) is 6.61 Å². The number of carbonyl (C=O) groups is 3. The summed E-state index contributed by atoms with van der Waals surface area (Å²) in [6.45, 7) is 4.08. The molecule has 1 aliphatic heterocycles. The van der Waals surface area contributed by atoms with Crippen LogP contribution in [0.5, 0.6) is 0 Å². The second-order valence-corrected chi connectivity index (χ2v) is 4.58. The van der Waals surface area contributed by atoms with Gasteiger partial charge in [0.1, 0.15) is 12.7 Å². The fraction of sp³-hybridized carbons (Fsp3) is 0.692. The van der Waals surface area contributed by atoms with Crippen LogP contribution in [0.3, 0.4) is 0 Å². The molecule has 0 saturated carbocycles. The molecule has 1 fully saturated rings. The van der Waals surface area contributed by atoms with Gasteiger partial charge >= 0.3 is 17.9 Å². The Labute approximate surface area is 127 Å². The van der Waals surface area contributed by atoms with Crippen LogP contribution in [-0.4, -0.2) is 60.8 Å². The Balaban J connectivity index is 3.14. The van der Waals surface area contributed by atoms with Gasteiger partial charge in [0.2, 0.25) is 0 Å². The van der Waals surface area contributed by atoms with Crippen LogP contribution in [-0.2, 0) is 38.1 Å². The van der Waals surface area contributed by atoms with Crippen molar-refractivity contribution in [1.29, 1.82) is 0 Å². The van der Waals surface area contributed by atoms with Crippen molar-refractivity contribution >= 4 is 17.9 Å². The molecule has 1 N–H and O–H groups in total. The summed E-state index contributed by atoms with van der Waals surface area (Å²) in [4.78, 5) is 33.8. The molecule has 0 unspecified atom stereocenters. The van der Waals surface area contributed by atoms with Gasteiger partial charge in [0, 0.05) is 27.9 Å². The molecule has 9 heteroatoms. The van der Waals surface area contributed by atoms with Crippen molar-refractivity contribution in [3.05, 3.63) is 6.61 Å². The minimum Gasteiger partial charge on any atom is -0.456 e. The van der Waals surface area contributed by atoms with E-state index in [-0.39, 0.29) is 0 Å². The Kier molecular flexibility index (Phi) is 6.72. The van der Waals surface area contributed by atoms with Gasteiger partial charge in [-0.05, 0) is 0 Å². The highest BCUT2D eigenvalue weighted by Gasteiger charge is 2.52. The molecule has 9 nitrogen and oxygen atoms in total. The Morgan fingerprint density at radius 3 is 1.77 bits per heavy atom. The maximum absolute atomic E-state index is 11.3. The third-order valence-corrected chi connectivity index (χ3v) is 2.82. The van der Waals surface area contributed by atoms with Gasteiger partial charge in [-0.3, -0.25) is 14.4 Å². The fourth-order valence-electron chi connectivity index (χ4n) is 2.11. The number of hydrogen-bond donors (Lipinski definition) is 1. The topological polar surface area (TPSA) is 118 Å². The molecular weight excluding hydrogens is 300 g/mol. The first-order valence-corrected chi connectivity index (χ1v) is 6.47. The van der Waals surface area contributed by atoms with Gasteiger partial charge in [0.15, 0.2) is 24.6 Å². The van der Waals surface area contributed by atoms with Gasteiger partial charge in [0.25, 0.3) is 0 Å². The molecule has 0 spiro atoms. The molecule has 5 atom stereocenters. The molecule has 0 aromatic carbocycles. The predicted octanol–water partition coefficient (Wildman–Crippen LogP) is -0.313. The van der Waals surface area contributed by atoms with Crippen molar-refractivity contribution in [2.45, 2.75) is 51.5 Å². The van der Waals surface area contributed by atoms with Crippen molar-refractivity contribution in [3.63, 3.8) is 0 Å². The summed E-state index contributed by atoms with van der Waals surface area (Å²) in [7, 11) is 1.28. The summed E-state index contributed by atoms with van der Waals surface area (Å²) in [5.41, 5.74) is 0. The minimum atomic E-state index is -1.20. The summed E-state index contributed by atoms with van der Waals surface area (Å²) in [5, 5.41) is 9.26. The number of aliphatic hydroxyl groups is 1. The fourth-order valence-corrected chi connectivity index (χ4v) is 2.11. The summed E-state index contributed by atoms with van der Waals surface area (Å²) >= 11 is 0. The standard InChI is InChI=1S/C13H19O9/c1-6(15)19-10-9(5-14)22-13(18-4)12(21-8(3)17)11(10)20-7(2)16/h5,9-14H,1-4H3/t9-,10-,11+,12-,13+/m1/s1. The third kappa shape index (κ3) is 4.65. The highest BCUT2D eigenvalue weighted by atomic mass is 16.7. The second-order valence-electron chi connectivity index (χ2n) is 4.58. The smallest absolute Gasteiger partial charge is 0.303 e. The number of hydrogen-bond acceptors (Lipinski definition) is 9. The van der Waals surface area contributed by atoms with Crippen molar-refractivity contribution in [2.24, 2.45) is 0 Å². The van der Waals surface area contributed by atoms with Gasteiger partial charge in [-0.1, -0.05) is 0 Å². The number of methoxy groups -OCH3 is 1. The van der Waals surface area contributed by atoms with Crippen molar-refractivity contribution in [3.8, 4) is 0 Å². The molecule has 1 heterocycles. The van der Waals surface area contributed by atoms with E-state index < -0.39 is 48.6 Å². The highest BCUT2D eigenvalue weighted by Crippen LogP contribution is 2.29. The lowest BCUT2D eigenvalue weighted by Crippen LogP contribution is -2.61. The number of aliphatic hydroxyl groups excluding tert-OH is 1. The first-order chi connectivity index (χ1) is 10.3. The summed E-state index contributed by atoms with van der Waals surface area (Å²) in [5.74, 6) is -2.04. The molecule has 125 valence electrons. The minimum absolute atomic E-state index is 0.639. The van der Waals surface area contributed by atoms with Crippen LogP contribution in [0.4, 0.5) is 0 Å². The molecule has 1 rings (SSSR count). The molecule has 1 aliphatic rings. The van der Waals surface area contributed by atoms with Crippen LogP contribution in [0.25, 0.3) is 0 Å². The zero-order valence-corrected chi connectivity index (χ0v) is 12.7. The van der Waals surface area contributed by atoms with Crippen LogP contribution < -0.4 is 0 Å². The molecule has 1 radical (unpaired) electrons. The average Bonchev–Trinajstić information content (AvgIpc) is 2.41. The highest BCUT2D eigenvalue weighted by molar-refractivity contribution is 5.68. The summed E-state index contributed by atoms with van der Waals surface area (Å²) in [6, 6.07) is 0. The van der Waals surface area contributed by atoms with Gasteiger partial charge in [-0.2, -0.15) is 0 Å². The van der Waals surface area contributed by atoms with Gasteiger partial charge in [-0.15, -0.1) is 0 Å². The van der Waals surface area contributed by atoms with Crippen molar-refractivity contribution in [1.82, 2.24) is 0 Å². The molecule has 0 amide bonds. The number of ether oxygens (including phenoxy) is 5. The quantitative estimate of drug-likeness (QED) is 0.537. The molecule has 0 bridgehead atoms. The lowest BCUT2D eigenvalue weighted by Gasteiger charge is -2.43. The van der Waals surface area contributed by atoms with Crippen LogP contribution in [0.15, 0.2) is 0 Å². The van der Waals surface area contributed by atoms with E-state index in [9.17, 15) is 19.5 Å². The lowest BCUT2D eigenvalue weighted by atomic mass is 9.98. The van der Waals surface area contributed by atoms with Crippen molar-refractivity contribution in [2.75, 3.05) is 7.11 Å². The van der Waals surface area contributed by atoms with E-state index in [1.165, 1.54) is 7.11 Å². The van der Waals surface area contributed by atoms with Gasteiger partial charge < -0.3 is 28.8 Å². The van der Waals surface area contributed by atoms with Crippen LogP contribution in [0.1, 0.15) is 20.8 Å². The average molecular weight is 319 g/mol. The van der Waals surface area contributed by atoms with Gasteiger partial charge in [-0.25, -0.2) is 0 Å². The summed E-state index contributed by atoms with van der Waals surface area (Å²) < 4.78 is 25.6. The van der Waals surface area contributed by atoms with Crippen LogP contribution in [0, 0.1) is 6.61 Å². The zero-order valence-electron chi connectivity index (χ0n) is 12.7. The monoisotopic (exact) mass is 319 g/mol. The van der Waals surface area contributed by atoms with Gasteiger partial charge in [0.05, 0.1) is 0 Å². The second kappa shape index (κ2) is 8.06. The van der Waals surface area contributed by atoms with E-state index in [2.05, 4.69) is 0 Å². The Morgan fingerprint density at radius 1 is 0.909 bits per heavy atom. The molecule has 22 heavy (non-hydrogen) atoms. The number of esters is 3. The molecule has 1 saturated heterocycles. The first kappa shape index (κ1) is 18.3. The predicted molar refractivity (Wildman–Crippen MR) is 68.6 cm³/mol.